The zero-order chi connectivity index (χ0) is 13.1. The van der Waals surface area contributed by atoms with Crippen LogP contribution in [0, 0.1) is 0 Å². The molecule has 1 unspecified atom stereocenters. The quantitative estimate of drug-likeness (QED) is 0.882. The van der Waals surface area contributed by atoms with Crippen molar-refractivity contribution in [3.8, 4) is 0 Å². The van der Waals surface area contributed by atoms with Gasteiger partial charge in [0.15, 0.2) is 5.78 Å². The van der Waals surface area contributed by atoms with E-state index in [1.807, 2.05) is 0 Å². The second kappa shape index (κ2) is 5.31. The van der Waals surface area contributed by atoms with E-state index in [9.17, 15) is 18.0 Å². The van der Waals surface area contributed by atoms with E-state index in [-0.39, 0.29) is 18.2 Å². The molecule has 0 aliphatic heterocycles. The number of halogens is 3. The molecule has 2 nitrogen and oxygen atoms in total. The molecule has 0 aliphatic carbocycles. The van der Waals surface area contributed by atoms with Crippen LogP contribution in [0.15, 0.2) is 24.3 Å². The molecule has 1 N–H and O–H groups in total. The summed E-state index contributed by atoms with van der Waals surface area (Å²) < 4.78 is 37.3. The lowest BCUT2D eigenvalue weighted by Crippen LogP contribution is -2.31. The molecule has 0 radical (unpaired) electrons. The number of hydrogen-bond donors (Lipinski definition) is 1. The van der Waals surface area contributed by atoms with Crippen LogP contribution >= 0.6 is 0 Å². The van der Waals surface area contributed by atoms with Crippen molar-refractivity contribution in [2.45, 2.75) is 25.6 Å². The Morgan fingerprint density at radius 3 is 2.59 bits per heavy atom. The molecule has 5 heteroatoms. The molecule has 0 amide bonds. The molecular weight excluding hydrogens is 231 g/mol. The Kier molecular flexibility index (Phi) is 4.28. The second-order valence-corrected chi connectivity index (χ2v) is 3.85. The van der Waals surface area contributed by atoms with E-state index < -0.39 is 11.7 Å². The predicted octanol–water partition coefficient (Wildman–Crippen LogP) is 2.42. The first-order chi connectivity index (χ1) is 7.84. The smallest absolute Gasteiger partial charge is 0.311 e. The molecule has 1 aromatic rings. The van der Waals surface area contributed by atoms with Gasteiger partial charge in [-0.3, -0.25) is 4.79 Å². The van der Waals surface area contributed by atoms with E-state index in [0.29, 0.717) is 5.56 Å². The third-order valence-electron chi connectivity index (χ3n) is 2.55. The Bertz CT molecular complexity index is 401. The highest BCUT2D eigenvalue weighted by molar-refractivity contribution is 5.85. The summed E-state index contributed by atoms with van der Waals surface area (Å²) in [5.74, 6) is -0.133. The maximum Gasteiger partial charge on any atom is 0.416 e. The summed E-state index contributed by atoms with van der Waals surface area (Å²) in [5.41, 5.74) is -0.341. The minimum atomic E-state index is -4.37. The maximum absolute atomic E-state index is 12.4. The largest absolute Gasteiger partial charge is 0.416 e. The first-order valence-corrected chi connectivity index (χ1v) is 5.20. The van der Waals surface area contributed by atoms with Crippen LogP contribution in [0.3, 0.4) is 0 Å². The van der Waals surface area contributed by atoms with E-state index in [1.54, 1.807) is 14.0 Å². The van der Waals surface area contributed by atoms with Gasteiger partial charge in [0.1, 0.15) is 0 Å². The van der Waals surface area contributed by atoms with Gasteiger partial charge in [0, 0.05) is 6.42 Å². The fourth-order valence-electron chi connectivity index (χ4n) is 1.37. The van der Waals surface area contributed by atoms with Gasteiger partial charge in [0.2, 0.25) is 0 Å². The van der Waals surface area contributed by atoms with Crippen molar-refractivity contribution in [1.29, 1.82) is 0 Å². The fourth-order valence-corrected chi connectivity index (χ4v) is 1.37. The number of rotatable bonds is 4. The lowest BCUT2D eigenvalue weighted by Gasteiger charge is -2.11. The molecule has 0 heterocycles. The van der Waals surface area contributed by atoms with Crippen LogP contribution in [-0.2, 0) is 17.4 Å². The summed E-state index contributed by atoms with van der Waals surface area (Å²) in [6.07, 6.45) is -4.36. The number of hydrogen-bond acceptors (Lipinski definition) is 2. The number of carbonyl (C=O) groups is 1. The predicted molar refractivity (Wildman–Crippen MR) is 58.7 cm³/mol. The highest BCUT2D eigenvalue weighted by atomic mass is 19.4. The molecule has 1 atom stereocenters. The van der Waals surface area contributed by atoms with E-state index in [4.69, 9.17) is 0 Å². The molecule has 94 valence electrons. The van der Waals surface area contributed by atoms with E-state index in [2.05, 4.69) is 5.32 Å². The fraction of sp³-hybridized carbons (Fsp3) is 0.417. The molecule has 17 heavy (non-hydrogen) atoms. The highest BCUT2D eigenvalue weighted by Crippen LogP contribution is 2.29. The lowest BCUT2D eigenvalue weighted by atomic mass is 10.0. The second-order valence-electron chi connectivity index (χ2n) is 3.85. The number of carbonyl (C=O) groups excluding carboxylic acids is 1. The Balaban J connectivity index is 2.83. The molecular formula is C12H14F3NO. The van der Waals surface area contributed by atoms with Gasteiger partial charge in [-0.2, -0.15) is 13.2 Å². The summed E-state index contributed by atoms with van der Waals surface area (Å²) >= 11 is 0. The summed E-state index contributed by atoms with van der Waals surface area (Å²) in [4.78, 5) is 11.6. The summed E-state index contributed by atoms with van der Waals surface area (Å²) in [6.45, 7) is 1.68. The minimum Gasteiger partial charge on any atom is -0.311 e. The Morgan fingerprint density at radius 1 is 1.41 bits per heavy atom. The standard InChI is InChI=1S/C12H14F3NO/c1-8(16-2)11(17)7-9-4-3-5-10(6-9)12(13,14)15/h3-6,8,16H,7H2,1-2H3. The van der Waals surface area contributed by atoms with Gasteiger partial charge in [0.05, 0.1) is 11.6 Å². The van der Waals surface area contributed by atoms with Crippen LogP contribution in [0.2, 0.25) is 0 Å². The van der Waals surface area contributed by atoms with Gasteiger partial charge >= 0.3 is 6.18 Å². The zero-order valence-corrected chi connectivity index (χ0v) is 9.64. The van der Waals surface area contributed by atoms with E-state index in [0.717, 1.165) is 12.1 Å². The van der Waals surface area contributed by atoms with Crippen molar-refractivity contribution in [3.05, 3.63) is 35.4 Å². The summed E-state index contributed by atoms with van der Waals surface area (Å²) in [7, 11) is 1.63. The van der Waals surface area contributed by atoms with Crippen LogP contribution in [0.4, 0.5) is 13.2 Å². The Hall–Kier alpha value is -1.36. The molecule has 0 spiro atoms. The van der Waals surface area contributed by atoms with Crippen molar-refractivity contribution in [2.24, 2.45) is 0 Å². The number of ketones is 1. The molecule has 1 rings (SSSR count). The SMILES string of the molecule is CNC(C)C(=O)Cc1cccc(C(F)(F)F)c1. The van der Waals surface area contributed by atoms with Crippen LogP contribution < -0.4 is 5.32 Å². The first-order valence-electron chi connectivity index (χ1n) is 5.20. The molecule has 0 aromatic heterocycles. The normalized spacial score (nSPS) is 13.5. The van der Waals surface area contributed by atoms with Crippen LogP contribution in [0.5, 0.6) is 0 Å². The topological polar surface area (TPSA) is 29.1 Å². The number of benzene rings is 1. The molecule has 0 bridgehead atoms. The molecule has 1 aromatic carbocycles. The van der Waals surface area contributed by atoms with Gasteiger partial charge in [-0.25, -0.2) is 0 Å². The third kappa shape index (κ3) is 3.85. The number of alkyl halides is 3. The van der Waals surface area contributed by atoms with Gasteiger partial charge in [0.25, 0.3) is 0 Å². The van der Waals surface area contributed by atoms with Crippen molar-refractivity contribution in [1.82, 2.24) is 5.32 Å². The maximum atomic E-state index is 12.4. The van der Waals surface area contributed by atoms with Crippen molar-refractivity contribution >= 4 is 5.78 Å². The lowest BCUT2D eigenvalue weighted by molar-refractivity contribution is -0.137. The monoisotopic (exact) mass is 245 g/mol. The average molecular weight is 245 g/mol. The summed E-state index contributed by atoms with van der Waals surface area (Å²) in [6, 6.07) is 4.49. The molecule has 0 aliphatic rings. The third-order valence-corrected chi connectivity index (χ3v) is 2.55. The van der Waals surface area contributed by atoms with Crippen molar-refractivity contribution in [3.63, 3.8) is 0 Å². The Labute approximate surface area is 97.8 Å². The van der Waals surface area contributed by atoms with Crippen LogP contribution in [0.1, 0.15) is 18.1 Å². The number of likely N-dealkylation sites (N-methyl/N-ethyl adjacent to an activating group) is 1. The Morgan fingerprint density at radius 2 is 2.06 bits per heavy atom. The first kappa shape index (κ1) is 13.7. The van der Waals surface area contributed by atoms with Gasteiger partial charge < -0.3 is 5.32 Å². The zero-order valence-electron chi connectivity index (χ0n) is 9.64. The highest BCUT2D eigenvalue weighted by Gasteiger charge is 2.30. The molecule has 0 saturated heterocycles. The van der Waals surface area contributed by atoms with Gasteiger partial charge in [-0.05, 0) is 25.6 Å². The number of nitrogens with one attached hydrogen (secondary N) is 1. The average Bonchev–Trinajstić information content (AvgIpc) is 2.27. The number of Topliss-reactive ketones (excluding diaryl/α,β-unsaturated/α-hetero) is 1. The van der Waals surface area contributed by atoms with E-state index >= 15 is 0 Å². The summed E-state index contributed by atoms with van der Waals surface area (Å²) in [5, 5.41) is 2.76. The van der Waals surface area contributed by atoms with Crippen molar-refractivity contribution < 1.29 is 18.0 Å². The van der Waals surface area contributed by atoms with Crippen LogP contribution in [-0.4, -0.2) is 18.9 Å². The van der Waals surface area contributed by atoms with Crippen molar-refractivity contribution in [2.75, 3.05) is 7.05 Å². The molecule has 0 fully saturated rings. The van der Waals surface area contributed by atoms with Gasteiger partial charge in [-0.15, -0.1) is 0 Å². The van der Waals surface area contributed by atoms with Crippen LogP contribution in [0.25, 0.3) is 0 Å². The minimum absolute atomic E-state index is 0.00588. The van der Waals surface area contributed by atoms with Gasteiger partial charge in [-0.1, -0.05) is 18.2 Å². The van der Waals surface area contributed by atoms with E-state index in [1.165, 1.54) is 12.1 Å². The molecule has 0 saturated carbocycles.